The van der Waals surface area contributed by atoms with Crippen LogP contribution >= 0.6 is 12.4 Å². The number of hydrogen-bond acceptors (Lipinski definition) is 2. The third-order valence-electron chi connectivity index (χ3n) is 4.25. The normalized spacial score (nSPS) is 15.2. The van der Waals surface area contributed by atoms with Crippen molar-refractivity contribution >= 4 is 30.3 Å². The third kappa shape index (κ3) is 3.13. The van der Waals surface area contributed by atoms with E-state index in [2.05, 4.69) is 48.1 Å². The summed E-state index contributed by atoms with van der Waals surface area (Å²) in [6.07, 6.45) is 4.17. The Morgan fingerprint density at radius 3 is 2.56 bits per heavy atom. The summed E-state index contributed by atoms with van der Waals surface area (Å²) in [5.74, 6) is 0.809. The molecule has 1 aliphatic heterocycles. The lowest BCUT2D eigenvalue weighted by Crippen LogP contribution is -2.19. The molecule has 0 unspecified atom stereocenters. The van der Waals surface area contributed by atoms with Gasteiger partial charge in [-0.25, -0.2) is 4.99 Å². The van der Waals surface area contributed by atoms with E-state index < -0.39 is 0 Å². The maximum atomic E-state index is 5.54. The Bertz CT molecular complexity index is 1130. The fraction of sp³-hybridized carbons (Fsp3) is 0.150. The first-order chi connectivity index (χ1) is 11.6. The summed E-state index contributed by atoms with van der Waals surface area (Å²) in [6.45, 7) is 4.15. The second-order valence-corrected chi connectivity index (χ2v) is 6.06. The fourth-order valence-electron chi connectivity index (χ4n) is 3.07. The first kappa shape index (κ1) is 17.1. The Balaban J connectivity index is 0.00000182. The molecule has 0 fully saturated rings. The highest BCUT2D eigenvalue weighted by Gasteiger charge is 2.06. The van der Waals surface area contributed by atoms with E-state index in [1.165, 1.54) is 5.56 Å². The van der Waals surface area contributed by atoms with Crippen molar-refractivity contribution in [1.29, 1.82) is 0 Å². The molecule has 0 bridgehead atoms. The molecule has 4 rings (SSSR count). The summed E-state index contributed by atoms with van der Waals surface area (Å²) < 4.78 is 5.54. The number of nitrogens with one attached hydrogen (secondary N) is 2. The minimum atomic E-state index is 0. The zero-order chi connectivity index (χ0) is 16.7. The lowest BCUT2D eigenvalue weighted by molar-refractivity contribution is 0.412. The van der Waals surface area contributed by atoms with Crippen LogP contribution < -0.4 is 26.0 Å². The Morgan fingerprint density at radius 2 is 1.88 bits per heavy atom. The predicted octanol–water partition coefficient (Wildman–Crippen LogP) is 1.44. The first-order valence-corrected chi connectivity index (χ1v) is 7.95. The fourth-order valence-corrected chi connectivity index (χ4v) is 3.07. The van der Waals surface area contributed by atoms with Gasteiger partial charge in [0.2, 0.25) is 0 Å². The molecule has 0 amide bonds. The molecule has 25 heavy (non-hydrogen) atoms. The van der Waals surface area contributed by atoms with Crippen molar-refractivity contribution in [3.8, 4) is 5.75 Å². The number of fused-ring (bicyclic) bond motifs is 1. The van der Waals surface area contributed by atoms with E-state index in [9.17, 15) is 0 Å². The molecule has 1 aliphatic rings. The van der Waals surface area contributed by atoms with Gasteiger partial charge in [0.1, 0.15) is 5.75 Å². The maximum Gasteiger partial charge on any atom is 0.144 e. The highest BCUT2D eigenvalue weighted by atomic mass is 35.5. The van der Waals surface area contributed by atoms with Crippen LogP contribution in [0.3, 0.4) is 0 Å². The summed E-state index contributed by atoms with van der Waals surface area (Å²) >= 11 is 0. The zero-order valence-electron chi connectivity index (χ0n) is 14.4. The molecule has 3 aromatic rings. The number of aromatic nitrogens is 2. The number of ether oxygens (including phenoxy) is 1. The minimum absolute atomic E-state index is 0. The average molecular weight is 354 g/mol. The largest absolute Gasteiger partial charge is 0.494 e. The molecule has 0 aliphatic carbocycles. The van der Waals surface area contributed by atoms with Crippen LogP contribution in [0.1, 0.15) is 17.0 Å². The van der Waals surface area contributed by atoms with Crippen molar-refractivity contribution < 1.29 is 4.74 Å². The summed E-state index contributed by atoms with van der Waals surface area (Å²) in [4.78, 5) is 11.5. The Kier molecular flexibility index (Phi) is 4.55. The quantitative estimate of drug-likeness (QED) is 0.719. The van der Waals surface area contributed by atoms with E-state index >= 15 is 0 Å². The van der Waals surface area contributed by atoms with Gasteiger partial charge in [-0.05, 0) is 43.7 Å². The van der Waals surface area contributed by atoms with Gasteiger partial charge in [-0.2, -0.15) is 0 Å². The number of para-hydroxylation sites is 1. The Labute approximate surface area is 151 Å². The third-order valence-corrected chi connectivity index (χ3v) is 4.25. The highest BCUT2D eigenvalue weighted by molar-refractivity contribution is 5.85. The number of H-pyrrole nitrogens is 2. The molecule has 0 saturated carbocycles. The second kappa shape index (κ2) is 6.65. The van der Waals surface area contributed by atoms with Crippen LogP contribution in [0.5, 0.6) is 5.75 Å². The Morgan fingerprint density at radius 1 is 1.08 bits per heavy atom. The molecule has 1 aromatic carbocycles. The molecular formula is C20H20ClN3O. The van der Waals surface area contributed by atoms with Crippen LogP contribution in [0.25, 0.3) is 17.8 Å². The average Bonchev–Trinajstić information content (AvgIpc) is 3.24. The molecule has 2 aromatic heterocycles. The number of benzene rings is 1. The minimum Gasteiger partial charge on any atom is -0.494 e. The molecular weight excluding hydrogens is 334 g/mol. The molecule has 0 atom stereocenters. The molecule has 4 nitrogen and oxygen atoms in total. The molecule has 128 valence electrons. The summed E-state index contributed by atoms with van der Waals surface area (Å²) in [5, 5.41) is 4.03. The van der Waals surface area contributed by atoms with E-state index in [4.69, 9.17) is 9.73 Å². The maximum absolute atomic E-state index is 5.54. The van der Waals surface area contributed by atoms with Crippen molar-refractivity contribution in [3.63, 3.8) is 0 Å². The summed E-state index contributed by atoms with van der Waals surface area (Å²) in [7, 11) is 1.69. The van der Waals surface area contributed by atoms with Gasteiger partial charge in [-0.3, -0.25) is 0 Å². The predicted molar refractivity (Wildman–Crippen MR) is 103 cm³/mol. The number of nitrogens with zero attached hydrogens (tertiary/aromatic N) is 1. The summed E-state index contributed by atoms with van der Waals surface area (Å²) in [5.41, 5.74) is 4.37. The van der Waals surface area contributed by atoms with Gasteiger partial charge in [0, 0.05) is 22.7 Å². The second-order valence-electron chi connectivity index (χ2n) is 6.06. The van der Waals surface area contributed by atoms with Crippen molar-refractivity contribution in [3.05, 3.63) is 74.6 Å². The lowest BCUT2D eigenvalue weighted by atomic mass is 10.2. The van der Waals surface area contributed by atoms with Gasteiger partial charge >= 0.3 is 0 Å². The molecule has 3 heterocycles. The van der Waals surface area contributed by atoms with Crippen molar-refractivity contribution in [1.82, 2.24) is 9.97 Å². The van der Waals surface area contributed by atoms with Crippen LogP contribution in [-0.2, 0) is 0 Å². The summed E-state index contributed by atoms with van der Waals surface area (Å²) in [6, 6.07) is 12.3. The van der Waals surface area contributed by atoms with Gasteiger partial charge in [-0.1, -0.05) is 18.2 Å². The van der Waals surface area contributed by atoms with E-state index in [0.717, 1.165) is 44.1 Å². The van der Waals surface area contributed by atoms with Crippen LogP contribution in [0.15, 0.2) is 41.4 Å². The van der Waals surface area contributed by atoms with Gasteiger partial charge in [0.25, 0.3) is 0 Å². The van der Waals surface area contributed by atoms with E-state index in [1.807, 2.05) is 24.3 Å². The molecule has 2 N–H and O–H groups in total. The van der Waals surface area contributed by atoms with Crippen LogP contribution in [0.4, 0.5) is 0 Å². The van der Waals surface area contributed by atoms with E-state index in [0.29, 0.717) is 0 Å². The molecule has 0 radical (unpaired) electrons. The SMILES string of the molecule is COc1c/c(=C2\C=c3ccccc3=N2)[nH]/c1=C\c1[nH]c(C)cc1C.Cl. The van der Waals surface area contributed by atoms with E-state index in [-0.39, 0.29) is 12.4 Å². The topological polar surface area (TPSA) is 53.2 Å². The van der Waals surface area contributed by atoms with Crippen LogP contribution in [0.2, 0.25) is 0 Å². The number of aromatic amines is 2. The van der Waals surface area contributed by atoms with Gasteiger partial charge < -0.3 is 14.7 Å². The monoisotopic (exact) mass is 353 g/mol. The number of methoxy groups -OCH3 is 1. The molecule has 0 spiro atoms. The number of aryl methyl sites for hydroxylation is 2. The van der Waals surface area contributed by atoms with Crippen molar-refractivity contribution in [2.24, 2.45) is 4.99 Å². The van der Waals surface area contributed by atoms with Crippen LogP contribution in [0, 0.1) is 13.8 Å². The standard InChI is InChI=1S/C20H19N3O.ClH/c1-12-8-13(2)21-16(12)10-19-20(24-3)11-18(23-19)17-9-14-6-4-5-7-15(14)22-17;/h4-11,21,23H,1-3H3;1H/b18-17-,19-10-;. The molecule has 5 heteroatoms. The van der Waals surface area contributed by atoms with E-state index in [1.54, 1.807) is 7.11 Å². The van der Waals surface area contributed by atoms with Gasteiger partial charge in [0.05, 0.1) is 28.9 Å². The number of halogens is 1. The van der Waals surface area contributed by atoms with Crippen molar-refractivity contribution in [2.45, 2.75) is 13.8 Å². The van der Waals surface area contributed by atoms with Gasteiger partial charge in [-0.15, -0.1) is 12.4 Å². The van der Waals surface area contributed by atoms with Gasteiger partial charge in [0.15, 0.2) is 0 Å². The lowest BCUT2D eigenvalue weighted by Gasteiger charge is -1.94. The smallest absolute Gasteiger partial charge is 0.144 e. The first-order valence-electron chi connectivity index (χ1n) is 7.95. The van der Waals surface area contributed by atoms with Crippen molar-refractivity contribution in [2.75, 3.05) is 7.11 Å². The highest BCUT2D eigenvalue weighted by Crippen LogP contribution is 2.10. The number of hydrogen-bond donors (Lipinski definition) is 2. The van der Waals surface area contributed by atoms with Crippen LogP contribution in [-0.4, -0.2) is 17.1 Å². The number of rotatable bonds is 2. The molecule has 0 saturated heterocycles. The zero-order valence-corrected chi connectivity index (χ0v) is 15.2. The Hall–Kier alpha value is -2.72.